The predicted molar refractivity (Wildman–Crippen MR) is 92.6 cm³/mol. The fourth-order valence-electron chi connectivity index (χ4n) is 3.29. The SMILES string of the molecule is O=C(O)C1CCN(C(=O)NC2CCN(c3ccc(Cl)c(F)c3)C2=O)CC1. The number of likely N-dealkylation sites (tertiary alicyclic amines) is 1. The number of carboxylic acids is 1. The Morgan fingerprint density at radius 2 is 1.88 bits per heavy atom. The Bertz CT molecular complexity index is 737. The van der Waals surface area contributed by atoms with Gasteiger partial charge in [0.05, 0.1) is 10.9 Å². The fourth-order valence-corrected chi connectivity index (χ4v) is 3.41. The quantitative estimate of drug-likeness (QED) is 0.836. The average molecular weight is 384 g/mol. The van der Waals surface area contributed by atoms with Gasteiger partial charge in [0.2, 0.25) is 5.91 Å². The molecule has 9 heteroatoms. The summed E-state index contributed by atoms with van der Waals surface area (Å²) in [5, 5.41) is 11.7. The Morgan fingerprint density at radius 3 is 2.50 bits per heavy atom. The molecule has 1 aromatic rings. The first kappa shape index (κ1) is 18.4. The van der Waals surface area contributed by atoms with Crippen molar-refractivity contribution in [2.24, 2.45) is 5.92 Å². The minimum Gasteiger partial charge on any atom is -0.481 e. The molecule has 3 amide bonds. The number of nitrogens with one attached hydrogen (secondary N) is 1. The van der Waals surface area contributed by atoms with Crippen molar-refractivity contribution >= 4 is 35.2 Å². The first-order valence-electron chi connectivity index (χ1n) is 8.41. The van der Waals surface area contributed by atoms with E-state index in [1.807, 2.05) is 0 Å². The molecule has 2 fully saturated rings. The van der Waals surface area contributed by atoms with Crippen LogP contribution in [0.4, 0.5) is 14.9 Å². The van der Waals surface area contributed by atoms with Crippen LogP contribution in [0, 0.1) is 11.7 Å². The number of anilines is 1. The van der Waals surface area contributed by atoms with Gasteiger partial charge in [0.15, 0.2) is 0 Å². The summed E-state index contributed by atoms with van der Waals surface area (Å²) < 4.78 is 13.6. The van der Waals surface area contributed by atoms with Gasteiger partial charge in [-0.3, -0.25) is 9.59 Å². The summed E-state index contributed by atoms with van der Waals surface area (Å²) in [5.74, 6) is -2.18. The molecule has 26 heavy (non-hydrogen) atoms. The van der Waals surface area contributed by atoms with Crippen LogP contribution in [0.5, 0.6) is 0 Å². The summed E-state index contributed by atoms with van der Waals surface area (Å²) >= 11 is 5.66. The molecule has 0 spiro atoms. The Morgan fingerprint density at radius 1 is 1.19 bits per heavy atom. The molecule has 0 aliphatic carbocycles. The van der Waals surface area contributed by atoms with Gasteiger partial charge in [-0.05, 0) is 37.5 Å². The van der Waals surface area contributed by atoms with E-state index in [0.29, 0.717) is 44.6 Å². The number of piperidine rings is 1. The van der Waals surface area contributed by atoms with Crippen molar-refractivity contribution in [2.75, 3.05) is 24.5 Å². The second-order valence-electron chi connectivity index (χ2n) is 6.48. The third kappa shape index (κ3) is 3.75. The molecule has 7 nitrogen and oxygen atoms in total. The molecule has 2 heterocycles. The summed E-state index contributed by atoms with van der Waals surface area (Å²) in [4.78, 5) is 38.8. The van der Waals surface area contributed by atoms with Crippen LogP contribution >= 0.6 is 11.6 Å². The van der Waals surface area contributed by atoms with Crippen molar-refractivity contribution in [1.29, 1.82) is 0 Å². The Hall–Kier alpha value is -2.35. The van der Waals surface area contributed by atoms with E-state index in [4.69, 9.17) is 16.7 Å². The van der Waals surface area contributed by atoms with Crippen molar-refractivity contribution in [3.8, 4) is 0 Å². The number of rotatable bonds is 3. The molecule has 3 rings (SSSR count). The van der Waals surface area contributed by atoms with E-state index >= 15 is 0 Å². The third-order valence-electron chi connectivity index (χ3n) is 4.85. The number of carbonyl (C=O) groups excluding carboxylic acids is 2. The van der Waals surface area contributed by atoms with Gasteiger partial charge >= 0.3 is 12.0 Å². The van der Waals surface area contributed by atoms with Crippen LogP contribution in [0.2, 0.25) is 5.02 Å². The van der Waals surface area contributed by atoms with Crippen molar-refractivity contribution < 1.29 is 23.9 Å². The molecule has 2 N–H and O–H groups in total. The van der Waals surface area contributed by atoms with E-state index in [1.165, 1.54) is 21.9 Å². The number of aliphatic carboxylic acids is 1. The number of nitrogens with zero attached hydrogens (tertiary/aromatic N) is 2. The van der Waals surface area contributed by atoms with E-state index in [1.54, 1.807) is 6.07 Å². The molecule has 140 valence electrons. The monoisotopic (exact) mass is 383 g/mol. The Balaban J connectivity index is 1.58. The third-order valence-corrected chi connectivity index (χ3v) is 5.16. The molecule has 2 aliphatic heterocycles. The summed E-state index contributed by atoms with van der Waals surface area (Å²) in [6.07, 6.45) is 1.22. The lowest BCUT2D eigenvalue weighted by molar-refractivity contribution is -0.143. The van der Waals surface area contributed by atoms with E-state index in [0.717, 1.165) is 0 Å². The molecular formula is C17H19ClFN3O4. The zero-order valence-corrected chi connectivity index (χ0v) is 14.7. The lowest BCUT2D eigenvalue weighted by Crippen LogP contribution is -2.50. The maximum Gasteiger partial charge on any atom is 0.318 e. The van der Waals surface area contributed by atoms with Gasteiger partial charge in [-0.15, -0.1) is 0 Å². The van der Waals surface area contributed by atoms with Gasteiger partial charge < -0.3 is 20.2 Å². The first-order chi connectivity index (χ1) is 12.4. The Kier molecular flexibility index (Phi) is 5.31. The molecule has 2 saturated heterocycles. The van der Waals surface area contributed by atoms with Crippen molar-refractivity contribution in [1.82, 2.24) is 10.2 Å². The molecule has 1 aromatic carbocycles. The molecule has 0 bridgehead atoms. The maximum atomic E-state index is 13.6. The number of carboxylic acid groups (broad SMARTS) is 1. The minimum atomic E-state index is -0.845. The molecule has 1 atom stereocenters. The van der Waals surface area contributed by atoms with E-state index in [9.17, 15) is 18.8 Å². The number of benzene rings is 1. The highest BCUT2D eigenvalue weighted by Gasteiger charge is 2.35. The number of amides is 3. The topological polar surface area (TPSA) is 89.9 Å². The lowest BCUT2D eigenvalue weighted by atomic mass is 9.97. The average Bonchev–Trinajstić information content (AvgIpc) is 2.98. The highest BCUT2D eigenvalue weighted by atomic mass is 35.5. The number of carbonyl (C=O) groups is 3. The first-order valence-corrected chi connectivity index (χ1v) is 8.79. The fraction of sp³-hybridized carbons (Fsp3) is 0.471. The molecular weight excluding hydrogens is 365 g/mol. The molecule has 1 unspecified atom stereocenters. The van der Waals surface area contributed by atoms with Crippen LogP contribution in [-0.2, 0) is 9.59 Å². The van der Waals surface area contributed by atoms with Gasteiger partial charge in [0.25, 0.3) is 0 Å². The van der Waals surface area contributed by atoms with Gasteiger partial charge in [-0.2, -0.15) is 0 Å². The van der Waals surface area contributed by atoms with Crippen LogP contribution in [0.15, 0.2) is 18.2 Å². The van der Waals surface area contributed by atoms with Crippen molar-refractivity contribution in [3.63, 3.8) is 0 Å². The zero-order chi connectivity index (χ0) is 18.8. The number of urea groups is 1. The largest absolute Gasteiger partial charge is 0.481 e. The highest BCUT2D eigenvalue weighted by Crippen LogP contribution is 2.26. The molecule has 2 aliphatic rings. The summed E-state index contributed by atoms with van der Waals surface area (Å²) in [5.41, 5.74) is 0.399. The Labute approximate surface area is 154 Å². The summed E-state index contributed by atoms with van der Waals surface area (Å²) in [7, 11) is 0. The minimum absolute atomic E-state index is 0.0185. The number of hydrogen-bond donors (Lipinski definition) is 2. The van der Waals surface area contributed by atoms with Crippen LogP contribution in [0.25, 0.3) is 0 Å². The van der Waals surface area contributed by atoms with Gasteiger partial charge in [-0.25, -0.2) is 9.18 Å². The molecule has 0 radical (unpaired) electrons. The van der Waals surface area contributed by atoms with Gasteiger partial charge in [-0.1, -0.05) is 11.6 Å². The van der Waals surface area contributed by atoms with E-state index < -0.39 is 23.7 Å². The second kappa shape index (κ2) is 7.49. The molecule has 0 aromatic heterocycles. The lowest BCUT2D eigenvalue weighted by Gasteiger charge is -2.31. The number of hydrogen-bond acceptors (Lipinski definition) is 3. The van der Waals surface area contributed by atoms with Crippen molar-refractivity contribution in [3.05, 3.63) is 29.0 Å². The maximum absolute atomic E-state index is 13.6. The van der Waals surface area contributed by atoms with Crippen LogP contribution < -0.4 is 10.2 Å². The van der Waals surface area contributed by atoms with Crippen molar-refractivity contribution in [2.45, 2.75) is 25.3 Å². The van der Waals surface area contributed by atoms with Crippen LogP contribution in [0.3, 0.4) is 0 Å². The normalized spacial score (nSPS) is 21.2. The van der Waals surface area contributed by atoms with Crippen LogP contribution in [0.1, 0.15) is 19.3 Å². The second-order valence-corrected chi connectivity index (χ2v) is 6.89. The van der Waals surface area contributed by atoms with Crippen LogP contribution in [-0.4, -0.2) is 53.6 Å². The highest BCUT2D eigenvalue weighted by molar-refractivity contribution is 6.30. The standard InChI is InChI=1S/C17H19ClFN3O4/c18-12-2-1-11(9-13(12)19)22-8-5-14(15(22)23)20-17(26)21-6-3-10(4-7-21)16(24)25/h1-2,9-10,14H,3-8H2,(H,20,26)(H,24,25). The predicted octanol–water partition coefficient (Wildman–Crippen LogP) is 2.09. The van der Waals surface area contributed by atoms with E-state index in [-0.39, 0.29) is 17.0 Å². The van der Waals surface area contributed by atoms with Gasteiger partial charge in [0.1, 0.15) is 11.9 Å². The zero-order valence-electron chi connectivity index (χ0n) is 14.0. The summed E-state index contributed by atoms with van der Waals surface area (Å²) in [6.45, 7) is 1.05. The van der Waals surface area contributed by atoms with E-state index in [2.05, 4.69) is 5.32 Å². The molecule has 0 saturated carbocycles. The van der Waals surface area contributed by atoms with Gasteiger partial charge in [0, 0.05) is 25.3 Å². The summed E-state index contributed by atoms with van der Waals surface area (Å²) in [6, 6.07) is 3.08. The smallest absolute Gasteiger partial charge is 0.318 e. The number of halogens is 2.